The molecule has 8 heteroatoms. The van der Waals surface area contributed by atoms with Crippen LogP contribution in [0.2, 0.25) is 0 Å². The average molecular weight is 293 g/mol. The molecular formula is C8H13BrN4O3. The third-order valence-electron chi connectivity index (χ3n) is 2.08. The van der Waals surface area contributed by atoms with E-state index < -0.39 is 4.92 Å². The Morgan fingerprint density at radius 1 is 1.75 bits per heavy atom. The summed E-state index contributed by atoms with van der Waals surface area (Å²) in [5.74, 6) is -0.283. The lowest BCUT2D eigenvalue weighted by Crippen LogP contribution is -2.11. The number of aliphatic hydroxyl groups is 1. The highest BCUT2D eigenvalue weighted by Crippen LogP contribution is 2.18. The molecule has 1 unspecified atom stereocenters. The number of nitrogens with zero attached hydrogens (tertiary/aromatic N) is 3. The zero-order valence-electron chi connectivity index (χ0n) is 8.54. The fourth-order valence-electron chi connectivity index (χ4n) is 1.29. The molecule has 7 nitrogen and oxygen atoms in total. The molecule has 0 spiro atoms. The van der Waals surface area contributed by atoms with Crippen LogP contribution in [0.5, 0.6) is 0 Å². The minimum Gasteiger partial charge on any atom is -0.393 e. The van der Waals surface area contributed by atoms with Crippen molar-refractivity contribution in [1.29, 1.82) is 0 Å². The molecule has 90 valence electrons. The van der Waals surface area contributed by atoms with Crippen LogP contribution in [0.3, 0.4) is 0 Å². The molecule has 1 rings (SSSR count). The zero-order chi connectivity index (χ0) is 12.1. The molecule has 16 heavy (non-hydrogen) atoms. The van der Waals surface area contributed by atoms with Crippen LogP contribution in [0.15, 0.2) is 6.20 Å². The van der Waals surface area contributed by atoms with Crippen molar-refractivity contribution >= 4 is 21.9 Å². The lowest BCUT2D eigenvalue weighted by atomic mass is 10.2. The minimum atomic E-state index is -0.583. The Morgan fingerprint density at radius 3 is 2.94 bits per heavy atom. The molecular weight excluding hydrogens is 280 g/mol. The molecule has 0 amide bonds. The van der Waals surface area contributed by atoms with E-state index in [1.165, 1.54) is 10.8 Å². The number of imidazole rings is 1. The van der Waals surface area contributed by atoms with E-state index in [0.29, 0.717) is 17.4 Å². The van der Waals surface area contributed by atoms with Crippen LogP contribution in [0.25, 0.3) is 0 Å². The number of hydrogen-bond acceptors (Lipinski definition) is 5. The van der Waals surface area contributed by atoms with Gasteiger partial charge < -0.3 is 21.0 Å². The van der Waals surface area contributed by atoms with Gasteiger partial charge in [-0.2, -0.15) is 0 Å². The van der Waals surface area contributed by atoms with Gasteiger partial charge in [0.05, 0.1) is 19.2 Å². The van der Waals surface area contributed by atoms with Gasteiger partial charge in [0.2, 0.25) is 0 Å². The fourth-order valence-corrected chi connectivity index (χ4v) is 1.78. The number of aliphatic hydroxyl groups excluding tert-OH is 1. The molecule has 0 fully saturated rings. The van der Waals surface area contributed by atoms with Gasteiger partial charge in [0.15, 0.2) is 5.69 Å². The van der Waals surface area contributed by atoms with E-state index in [1.54, 1.807) is 0 Å². The molecule has 0 saturated heterocycles. The van der Waals surface area contributed by atoms with Crippen molar-refractivity contribution in [2.75, 3.05) is 11.9 Å². The highest BCUT2D eigenvalue weighted by atomic mass is 79.9. The maximum Gasteiger partial charge on any atom is 0.434 e. The second-order valence-electron chi connectivity index (χ2n) is 3.22. The minimum absolute atomic E-state index is 0.143. The summed E-state index contributed by atoms with van der Waals surface area (Å²) < 4.78 is 1.30. The molecule has 0 aliphatic rings. The maximum atomic E-state index is 10.7. The van der Waals surface area contributed by atoms with Crippen molar-refractivity contribution in [2.24, 2.45) is 5.73 Å². The summed E-state index contributed by atoms with van der Waals surface area (Å²) >= 11 is 3.24. The average Bonchev–Trinajstić information content (AvgIpc) is 2.63. The van der Waals surface area contributed by atoms with Crippen LogP contribution >= 0.6 is 15.9 Å². The van der Waals surface area contributed by atoms with E-state index in [1.807, 2.05) is 0 Å². The number of rotatable bonds is 6. The number of nitrogens with two attached hydrogens (primary N) is 1. The SMILES string of the molecule is NC(CCBr)c1cn(CCO)c([N+](=O)[O-])n1. The molecule has 0 radical (unpaired) electrons. The molecule has 1 aromatic heterocycles. The van der Waals surface area contributed by atoms with Crippen LogP contribution in [0, 0.1) is 10.1 Å². The van der Waals surface area contributed by atoms with Gasteiger partial charge in [-0.05, 0) is 11.3 Å². The summed E-state index contributed by atoms with van der Waals surface area (Å²) in [6.07, 6.45) is 2.16. The van der Waals surface area contributed by atoms with Crippen LogP contribution in [-0.4, -0.2) is 31.5 Å². The van der Waals surface area contributed by atoms with Crippen molar-refractivity contribution in [3.05, 3.63) is 22.0 Å². The second kappa shape index (κ2) is 5.92. The number of hydrogen-bond donors (Lipinski definition) is 2. The van der Waals surface area contributed by atoms with Crippen molar-refractivity contribution in [3.63, 3.8) is 0 Å². The summed E-state index contributed by atoms with van der Waals surface area (Å²) in [5.41, 5.74) is 6.26. The number of nitro groups is 1. The first-order chi connectivity index (χ1) is 7.60. The van der Waals surface area contributed by atoms with Gasteiger partial charge in [-0.3, -0.25) is 0 Å². The Bertz CT molecular complexity index is 368. The zero-order valence-corrected chi connectivity index (χ0v) is 10.1. The molecule has 0 aromatic carbocycles. The lowest BCUT2D eigenvalue weighted by molar-refractivity contribution is -0.396. The predicted molar refractivity (Wildman–Crippen MR) is 61.3 cm³/mol. The first-order valence-corrected chi connectivity index (χ1v) is 5.86. The van der Waals surface area contributed by atoms with Crippen LogP contribution < -0.4 is 5.73 Å². The summed E-state index contributed by atoms with van der Waals surface area (Å²) in [4.78, 5) is 14.0. The maximum absolute atomic E-state index is 10.7. The highest BCUT2D eigenvalue weighted by molar-refractivity contribution is 9.09. The van der Waals surface area contributed by atoms with Crippen molar-refractivity contribution in [3.8, 4) is 0 Å². The van der Waals surface area contributed by atoms with Gasteiger partial charge in [0, 0.05) is 5.33 Å². The monoisotopic (exact) mass is 292 g/mol. The van der Waals surface area contributed by atoms with E-state index in [9.17, 15) is 10.1 Å². The Kier molecular flexibility index (Phi) is 4.84. The van der Waals surface area contributed by atoms with Crippen molar-refractivity contribution < 1.29 is 10.0 Å². The lowest BCUT2D eigenvalue weighted by Gasteiger charge is -2.01. The fraction of sp³-hybridized carbons (Fsp3) is 0.625. The van der Waals surface area contributed by atoms with E-state index >= 15 is 0 Å². The number of aromatic nitrogens is 2. The van der Waals surface area contributed by atoms with E-state index in [-0.39, 0.29) is 25.1 Å². The van der Waals surface area contributed by atoms with Gasteiger partial charge in [0.1, 0.15) is 6.20 Å². The van der Waals surface area contributed by atoms with Gasteiger partial charge in [-0.15, -0.1) is 0 Å². The third-order valence-corrected chi connectivity index (χ3v) is 2.54. The largest absolute Gasteiger partial charge is 0.434 e. The van der Waals surface area contributed by atoms with Gasteiger partial charge in [-0.1, -0.05) is 20.9 Å². The number of halogens is 1. The molecule has 1 aromatic rings. The highest BCUT2D eigenvalue weighted by Gasteiger charge is 2.22. The topological polar surface area (TPSA) is 107 Å². The standard InChI is InChI=1S/C8H13BrN4O3/c9-2-1-6(10)7-5-12(3-4-14)8(11-7)13(15)16/h5-6,14H,1-4,10H2. The smallest absolute Gasteiger partial charge is 0.393 e. The number of alkyl halides is 1. The van der Waals surface area contributed by atoms with E-state index in [2.05, 4.69) is 20.9 Å². The quantitative estimate of drug-likeness (QED) is 0.453. The molecule has 0 saturated carbocycles. The first-order valence-electron chi connectivity index (χ1n) is 4.74. The third kappa shape index (κ3) is 3.00. The molecule has 3 N–H and O–H groups in total. The Morgan fingerprint density at radius 2 is 2.44 bits per heavy atom. The van der Waals surface area contributed by atoms with Crippen molar-refractivity contribution in [1.82, 2.24) is 9.55 Å². The first kappa shape index (κ1) is 13.1. The van der Waals surface area contributed by atoms with Gasteiger partial charge >= 0.3 is 5.95 Å². The molecule has 0 aliphatic carbocycles. The molecule has 0 bridgehead atoms. The summed E-state index contributed by atoms with van der Waals surface area (Å²) in [7, 11) is 0. The molecule has 1 atom stereocenters. The molecule has 1 heterocycles. The summed E-state index contributed by atoms with van der Waals surface area (Å²) in [6, 6.07) is -0.335. The van der Waals surface area contributed by atoms with E-state index in [4.69, 9.17) is 10.8 Å². The van der Waals surface area contributed by atoms with Crippen LogP contribution in [0.4, 0.5) is 5.95 Å². The summed E-state index contributed by atoms with van der Waals surface area (Å²) in [5, 5.41) is 20.2. The predicted octanol–water partition coefficient (Wildman–Crippen LogP) is 0.568. The van der Waals surface area contributed by atoms with Gasteiger partial charge in [0.25, 0.3) is 0 Å². The Balaban J connectivity index is 2.96. The Hall–Kier alpha value is -0.990. The summed E-state index contributed by atoms with van der Waals surface area (Å²) in [6.45, 7) is -0.0331. The van der Waals surface area contributed by atoms with E-state index in [0.717, 1.165) is 0 Å². The van der Waals surface area contributed by atoms with Gasteiger partial charge in [-0.25, -0.2) is 4.57 Å². The normalized spacial score (nSPS) is 12.7. The van der Waals surface area contributed by atoms with Crippen LogP contribution in [0.1, 0.15) is 18.2 Å². The molecule has 0 aliphatic heterocycles. The second-order valence-corrected chi connectivity index (χ2v) is 4.02. The Labute approximate surface area is 101 Å². The van der Waals surface area contributed by atoms with Crippen molar-refractivity contribution in [2.45, 2.75) is 19.0 Å². The van der Waals surface area contributed by atoms with Crippen LogP contribution in [-0.2, 0) is 6.54 Å².